The van der Waals surface area contributed by atoms with Gasteiger partial charge < -0.3 is 19.6 Å². The average Bonchev–Trinajstić information content (AvgIpc) is 2.96. The molecule has 0 bridgehead atoms. The number of carbonyl (C=O) groups excluding carboxylic acids is 1. The van der Waals surface area contributed by atoms with E-state index in [1.54, 1.807) is 31.2 Å². The molecule has 1 fully saturated rings. The van der Waals surface area contributed by atoms with E-state index >= 15 is 0 Å². The van der Waals surface area contributed by atoms with Gasteiger partial charge >= 0.3 is 0 Å². The topological polar surface area (TPSA) is 97.5 Å². The minimum absolute atomic E-state index is 0.0351. The van der Waals surface area contributed by atoms with Crippen molar-refractivity contribution in [2.75, 3.05) is 5.32 Å². The molecule has 0 saturated heterocycles. The fraction of sp³-hybridized carbons (Fsp3) is 0.471. The summed E-state index contributed by atoms with van der Waals surface area (Å²) in [6.07, 6.45) is 3.25. The van der Waals surface area contributed by atoms with E-state index in [2.05, 4.69) is 15.5 Å². The van der Waals surface area contributed by atoms with Crippen molar-refractivity contribution in [3.8, 4) is 5.75 Å². The van der Waals surface area contributed by atoms with Crippen LogP contribution in [-0.4, -0.2) is 33.4 Å². The second-order valence-electron chi connectivity index (χ2n) is 5.97. The van der Waals surface area contributed by atoms with Crippen LogP contribution in [0.15, 0.2) is 28.7 Å². The summed E-state index contributed by atoms with van der Waals surface area (Å²) < 4.78 is 11.0. The van der Waals surface area contributed by atoms with Crippen molar-refractivity contribution in [2.45, 2.75) is 51.2 Å². The molecule has 1 saturated carbocycles. The number of rotatable bonds is 5. The lowest BCUT2D eigenvalue weighted by Crippen LogP contribution is -2.34. The molecule has 3 rings (SSSR count). The molecule has 0 radical (unpaired) electrons. The maximum absolute atomic E-state index is 11.9. The summed E-state index contributed by atoms with van der Waals surface area (Å²) in [6.45, 7) is 1.68. The van der Waals surface area contributed by atoms with Crippen molar-refractivity contribution >= 4 is 11.6 Å². The molecule has 2 aromatic rings. The van der Waals surface area contributed by atoms with Gasteiger partial charge in [-0.05, 0) is 43.5 Å². The summed E-state index contributed by atoms with van der Waals surface area (Å²) in [5.41, 5.74) is 0.660. The Hall–Kier alpha value is -2.41. The number of hydrogen-bond donors (Lipinski definition) is 2. The van der Waals surface area contributed by atoms with Gasteiger partial charge in [0.25, 0.3) is 0 Å². The summed E-state index contributed by atoms with van der Waals surface area (Å²) in [5.74, 6) is 1.18. The SMILES string of the molecule is Cc1nnc(CC(=O)Nc2ccc(O[C@@H]3CCCC[C@H]3O)cc2)o1. The van der Waals surface area contributed by atoms with Crippen molar-refractivity contribution in [3.63, 3.8) is 0 Å². The van der Waals surface area contributed by atoms with Gasteiger partial charge in [-0.3, -0.25) is 4.79 Å². The quantitative estimate of drug-likeness (QED) is 0.872. The lowest BCUT2D eigenvalue weighted by Gasteiger charge is -2.28. The van der Waals surface area contributed by atoms with Crippen LogP contribution >= 0.6 is 0 Å². The van der Waals surface area contributed by atoms with Crippen LogP contribution in [0.1, 0.15) is 37.5 Å². The van der Waals surface area contributed by atoms with Crippen molar-refractivity contribution in [2.24, 2.45) is 0 Å². The van der Waals surface area contributed by atoms with Crippen molar-refractivity contribution in [1.82, 2.24) is 10.2 Å². The van der Waals surface area contributed by atoms with Crippen molar-refractivity contribution in [1.29, 1.82) is 0 Å². The third kappa shape index (κ3) is 4.32. The molecule has 2 N–H and O–H groups in total. The number of nitrogens with zero attached hydrogens (tertiary/aromatic N) is 2. The highest BCUT2D eigenvalue weighted by molar-refractivity contribution is 5.91. The zero-order valence-electron chi connectivity index (χ0n) is 13.6. The molecule has 1 aliphatic carbocycles. The molecule has 24 heavy (non-hydrogen) atoms. The molecule has 7 nitrogen and oxygen atoms in total. The monoisotopic (exact) mass is 331 g/mol. The number of nitrogens with one attached hydrogen (secondary N) is 1. The molecule has 1 aliphatic rings. The van der Waals surface area contributed by atoms with Crippen LogP contribution in [0.3, 0.4) is 0 Å². The van der Waals surface area contributed by atoms with Crippen LogP contribution < -0.4 is 10.1 Å². The number of amides is 1. The second kappa shape index (κ2) is 7.44. The van der Waals surface area contributed by atoms with Gasteiger partial charge in [0.2, 0.25) is 17.7 Å². The molecule has 0 unspecified atom stereocenters. The zero-order chi connectivity index (χ0) is 16.9. The maximum Gasteiger partial charge on any atom is 0.233 e. The molecule has 1 heterocycles. The highest BCUT2D eigenvalue weighted by Gasteiger charge is 2.24. The Morgan fingerprint density at radius 1 is 1.29 bits per heavy atom. The lowest BCUT2D eigenvalue weighted by molar-refractivity contribution is -0.115. The Bertz CT molecular complexity index is 683. The largest absolute Gasteiger partial charge is 0.488 e. The van der Waals surface area contributed by atoms with E-state index in [1.807, 2.05) is 0 Å². The van der Waals surface area contributed by atoms with Gasteiger partial charge in [0.05, 0.1) is 6.10 Å². The van der Waals surface area contributed by atoms with Crippen LogP contribution in [0.5, 0.6) is 5.75 Å². The molecule has 128 valence electrons. The first-order valence-electron chi connectivity index (χ1n) is 8.14. The first-order valence-corrected chi connectivity index (χ1v) is 8.14. The van der Waals surface area contributed by atoms with Gasteiger partial charge in [0, 0.05) is 12.6 Å². The van der Waals surface area contributed by atoms with E-state index in [9.17, 15) is 9.90 Å². The first-order chi connectivity index (χ1) is 11.6. The molecule has 0 spiro atoms. The summed E-state index contributed by atoms with van der Waals surface area (Å²) in [6, 6.07) is 7.10. The Kier molecular flexibility index (Phi) is 5.10. The summed E-state index contributed by atoms with van der Waals surface area (Å²) >= 11 is 0. The van der Waals surface area contributed by atoms with Crippen LogP contribution in [-0.2, 0) is 11.2 Å². The number of carbonyl (C=O) groups is 1. The average molecular weight is 331 g/mol. The van der Waals surface area contributed by atoms with E-state index in [0.717, 1.165) is 25.7 Å². The molecular formula is C17H21N3O4. The number of ether oxygens (including phenoxy) is 1. The van der Waals surface area contributed by atoms with Crippen LogP contribution in [0, 0.1) is 6.92 Å². The van der Waals surface area contributed by atoms with Gasteiger partial charge in [0.1, 0.15) is 18.3 Å². The van der Waals surface area contributed by atoms with Gasteiger partial charge in [0.15, 0.2) is 0 Å². The number of anilines is 1. The number of benzene rings is 1. The van der Waals surface area contributed by atoms with Gasteiger partial charge in [-0.15, -0.1) is 10.2 Å². The van der Waals surface area contributed by atoms with E-state index in [1.165, 1.54) is 0 Å². The molecule has 1 amide bonds. The summed E-state index contributed by atoms with van der Waals surface area (Å²) in [4.78, 5) is 11.9. The van der Waals surface area contributed by atoms with Gasteiger partial charge in [-0.25, -0.2) is 0 Å². The molecule has 1 aromatic carbocycles. The van der Waals surface area contributed by atoms with E-state index in [-0.39, 0.29) is 24.3 Å². The number of aliphatic hydroxyl groups excluding tert-OH is 1. The maximum atomic E-state index is 11.9. The Morgan fingerprint density at radius 2 is 2.04 bits per heavy atom. The second-order valence-corrected chi connectivity index (χ2v) is 5.97. The number of aliphatic hydroxyl groups is 1. The Balaban J connectivity index is 1.53. The molecule has 2 atom stereocenters. The zero-order valence-corrected chi connectivity index (χ0v) is 13.6. The minimum atomic E-state index is -0.406. The first kappa shape index (κ1) is 16.4. The fourth-order valence-corrected chi connectivity index (χ4v) is 2.76. The minimum Gasteiger partial charge on any atom is -0.488 e. The number of aryl methyl sites for hydroxylation is 1. The number of hydrogen-bond acceptors (Lipinski definition) is 6. The van der Waals surface area contributed by atoms with Crippen LogP contribution in [0.4, 0.5) is 5.69 Å². The van der Waals surface area contributed by atoms with E-state index in [0.29, 0.717) is 17.3 Å². The normalized spacial score (nSPS) is 20.6. The molecule has 1 aromatic heterocycles. The highest BCUT2D eigenvalue weighted by atomic mass is 16.5. The van der Waals surface area contributed by atoms with E-state index in [4.69, 9.17) is 9.15 Å². The predicted octanol–water partition coefficient (Wildman–Crippen LogP) is 2.24. The lowest BCUT2D eigenvalue weighted by atomic mass is 9.95. The fourth-order valence-electron chi connectivity index (χ4n) is 2.76. The summed E-state index contributed by atoms with van der Waals surface area (Å²) in [5, 5.41) is 20.2. The third-order valence-corrected chi connectivity index (χ3v) is 3.97. The predicted molar refractivity (Wildman–Crippen MR) is 86.7 cm³/mol. The Morgan fingerprint density at radius 3 is 2.71 bits per heavy atom. The van der Waals surface area contributed by atoms with Crippen LogP contribution in [0.2, 0.25) is 0 Å². The highest BCUT2D eigenvalue weighted by Crippen LogP contribution is 2.24. The van der Waals surface area contributed by atoms with E-state index < -0.39 is 6.10 Å². The van der Waals surface area contributed by atoms with Crippen molar-refractivity contribution in [3.05, 3.63) is 36.0 Å². The number of aromatic nitrogens is 2. The smallest absolute Gasteiger partial charge is 0.233 e. The third-order valence-electron chi connectivity index (χ3n) is 3.97. The van der Waals surface area contributed by atoms with Crippen molar-refractivity contribution < 1.29 is 19.1 Å². The standard InChI is InChI=1S/C17H21N3O4/c1-11-19-20-17(23-11)10-16(22)18-12-6-8-13(9-7-12)24-15-5-3-2-4-14(15)21/h6-9,14-15,21H,2-5,10H2,1H3,(H,18,22)/t14-,15-/m1/s1. The molecule has 0 aliphatic heterocycles. The molecule has 7 heteroatoms. The Labute approximate surface area is 140 Å². The van der Waals surface area contributed by atoms with Gasteiger partial charge in [-0.1, -0.05) is 6.42 Å². The van der Waals surface area contributed by atoms with Crippen LogP contribution in [0.25, 0.3) is 0 Å². The van der Waals surface area contributed by atoms with Gasteiger partial charge in [-0.2, -0.15) is 0 Å². The molecular weight excluding hydrogens is 310 g/mol. The summed E-state index contributed by atoms with van der Waals surface area (Å²) in [7, 11) is 0.